The summed E-state index contributed by atoms with van der Waals surface area (Å²) in [5.41, 5.74) is 0.754. The average Bonchev–Trinajstić information content (AvgIpc) is 2.96. The Morgan fingerprint density at radius 3 is 2.95 bits per heavy atom. The highest BCUT2D eigenvalue weighted by atomic mass is 32.2. The molecular weight excluding hydrogens is 308 g/mol. The van der Waals surface area contributed by atoms with Gasteiger partial charge in [-0.3, -0.25) is 10.1 Å². The van der Waals surface area contributed by atoms with Crippen molar-refractivity contribution >= 4 is 40.1 Å². The van der Waals surface area contributed by atoms with Crippen LogP contribution in [0.25, 0.3) is 0 Å². The maximum absolute atomic E-state index is 12.1. The number of benzene rings is 1. The quantitative estimate of drug-likeness (QED) is 0.676. The van der Waals surface area contributed by atoms with Crippen LogP contribution in [-0.2, 0) is 4.74 Å². The number of amides is 1. The van der Waals surface area contributed by atoms with E-state index in [1.54, 1.807) is 36.2 Å². The van der Waals surface area contributed by atoms with Crippen LogP contribution in [0.4, 0.5) is 5.13 Å². The standard InChI is InChI=1S/C14H14N2O3S2/c1-3-19-13(18)11-8-21-14(15-11)16-12(17)9-5-4-6-10(7-9)20-2/h4-8H,3H2,1-2H3,(H,15,16,17). The molecule has 0 radical (unpaired) electrons. The zero-order valence-electron chi connectivity index (χ0n) is 11.6. The monoisotopic (exact) mass is 322 g/mol. The molecule has 21 heavy (non-hydrogen) atoms. The molecule has 5 nitrogen and oxygen atoms in total. The van der Waals surface area contributed by atoms with E-state index in [0.717, 1.165) is 4.90 Å². The number of carbonyl (C=O) groups excluding carboxylic acids is 2. The fourth-order valence-corrected chi connectivity index (χ4v) is 2.70. The van der Waals surface area contributed by atoms with E-state index in [4.69, 9.17) is 4.74 Å². The third-order valence-corrected chi connectivity index (χ3v) is 4.02. The Hall–Kier alpha value is -1.86. The molecule has 0 aliphatic heterocycles. The second-order valence-electron chi connectivity index (χ2n) is 3.94. The third-order valence-electron chi connectivity index (χ3n) is 2.54. The van der Waals surface area contributed by atoms with Crippen LogP contribution in [0, 0.1) is 0 Å². The van der Waals surface area contributed by atoms with Crippen molar-refractivity contribution in [2.45, 2.75) is 11.8 Å². The minimum Gasteiger partial charge on any atom is -0.461 e. The molecule has 1 heterocycles. The van der Waals surface area contributed by atoms with Gasteiger partial charge < -0.3 is 4.74 Å². The van der Waals surface area contributed by atoms with Crippen molar-refractivity contribution in [2.75, 3.05) is 18.2 Å². The number of hydrogen-bond acceptors (Lipinski definition) is 6. The van der Waals surface area contributed by atoms with Crippen LogP contribution in [0.1, 0.15) is 27.8 Å². The van der Waals surface area contributed by atoms with Crippen LogP contribution in [0.2, 0.25) is 0 Å². The SMILES string of the molecule is CCOC(=O)c1csc(NC(=O)c2cccc(SC)c2)n1. The highest BCUT2D eigenvalue weighted by Crippen LogP contribution is 2.19. The van der Waals surface area contributed by atoms with Crippen molar-refractivity contribution in [1.29, 1.82) is 0 Å². The lowest BCUT2D eigenvalue weighted by Crippen LogP contribution is -2.12. The number of nitrogens with zero attached hydrogens (tertiary/aromatic N) is 1. The molecule has 0 saturated heterocycles. The number of nitrogens with one attached hydrogen (secondary N) is 1. The number of carbonyl (C=O) groups is 2. The molecule has 2 rings (SSSR count). The maximum atomic E-state index is 12.1. The number of rotatable bonds is 5. The van der Waals surface area contributed by atoms with E-state index in [-0.39, 0.29) is 11.6 Å². The van der Waals surface area contributed by atoms with Gasteiger partial charge in [0.05, 0.1) is 6.61 Å². The summed E-state index contributed by atoms with van der Waals surface area (Å²) in [7, 11) is 0. The predicted molar refractivity (Wildman–Crippen MR) is 84.2 cm³/mol. The smallest absolute Gasteiger partial charge is 0.357 e. The van der Waals surface area contributed by atoms with Gasteiger partial charge in [-0.2, -0.15) is 0 Å². The van der Waals surface area contributed by atoms with Crippen LogP contribution < -0.4 is 5.32 Å². The van der Waals surface area contributed by atoms with Gasteiger partial charge >= 0.3 is 5.97 Å². The van der Waals surface area contributed by atoms with Gasteiger partial charge in [-0.25, -0.2) is 9.78 Å². The zero-order valence-corrected chi connectivity index (χ0v) is 13.2. The zero-order chi connectivity index (χ0) is 15.2. The van der Waals surface area contributed by atoms with Gasteiger partial charge in [0, 0.05) is 15.8 Å². The first-order chi connectivity index (χ1) is 10.1. The molecule has 0 fully saturated rings. The topological polar surface area (TPSA) is 68.3 Å². The number of esters is 1. The van der Waals surface area contributed by atoms with E-state index < -0.39 is 5.97 Å². The fourth-order valence-electron chi connectivity index (χ4n) is 1.56. The number of thiazole rings is 1. The maximum Gasteiger partial charge on any atom is 0.357 e. The second-order valence-corrected chi connectivity index (χ2v) is 5.68. The summed E-state index contributed by atoms with van der Waals surface area (Å²) >= 11 is 2.75. The van der Waals surface area contributed by atoms with E-state index in [1.807, 2.05) is 18.4 Å². The van der Waals surface area contributed by atoms with E-state index in [9.17, 15) is 9.59 Å². The molecule has 0 spiro atoms. The van der Waals surface area contributed by atoms with Crippen molar-refractivity contribution in [2.24, 2.45) is 0 Å². The molecule has 1 aromatic carbocycles. The summed E-state index contributed by atoms with van der Waals surface area (Å²) in [5.74, 6) is -0.741. The van der Waals surface area contributed by atoms with Gasteiger partial charge in [0.2, 0.25) is 0 Å². The molecule has 1 aromatic heterocycles. The van der Waals surface area contributed by atoms with E-state index in [0.29, 0.717) is 17.3 Å². The minimum absolute atomic E-state index is 0.204. The molecule has 7 heteroatoms. The number of thioether (sulfide) groups is 1. The van der Waals surface area contributed by atoms with Crippen LogP contribution in [0.3, 0.4) is 0 Å². The predicted octanol–water partition coefficient (Wildman–Crippen LogP) is 3.29. The first kappa shape index (κ1) is 15.5. The Morgan fingerprint density at radius 1 is 1.43 bits per heavy atom. The molecule has 0 unspecified atom stereocenters. The van der Waals surface area contributed by atoms with Gasteiger partial charge in [0.15, 0.2) is 10.8 Å². The molecule has 0 aliphatic carbocycles. The third kappa shape index (κ3) is 4.05. The molecule has 1 amide bonds. The Kier molecular flexibility index (Phi) is 5.35. The van der Waals surface area contributed by atoms with Crippen molar-refractivity contribution < 1.29 is 14.3 Å². The van der Waals surface area contributed by atoms with Crippen LogP contribution in [0.15, 0.2) is 34.5 Å². The Balaban J connectivity index is 2.07. The number of anilines is 1. The van der Waals surface area contributed by atoms with Crippen LogP contribution in [0.5, 0.6) is 0 Å². The van der Waals surface area contributed by atoms with Gasteiger partial charge in [-0.15, -0.1) is 23.1 Å². The highest BCUT2D eigenvalue weighted by Gasteiger charge is 2.14. The fraction of sp³-hybridized carbons (Fsp3) is 0.214. The molecule has 0 bridgehead atoms. The van der Waals surface area contributed by atoms with Crippen molar-refractivity contribution in [1.82, 2.24) is 4.98 Å². The van der Waals surface area contributed by atoms with Gasteiger partial charge in [0.1, 0.15) is 0 Å². The van der Waals surface area contributed by atoms with Crippen molar-refractivity contribution in [3.63, 3.8) is 0 Å². The van der Waals surface area contributed by atoms with Gasteiger partial charge in [-0.1, -0.05) is 6.07 Å². The van der Waals surface area contributed by atoms with E-state index >= 15 is 0 Å². The first-order valence-corrected chi connectivity index (χ1v) is 8.32. The van der Waals surface area contributed by atoms with Crippen LogP contribution in [-0.4, -0.2) is 29.7 Å². The van der Waals surface area contributed by atoms with E-state index in [2.05, 4.69) is 10.3 Å². The normalized spacial score (nSPS) is 10.2. The van der Waals surface area contributed by atoms with E-state index in [1.165, 1.54) is 11.3 Å². The van der Waals surface area contributed by atoms with Gasteiger partial charge in [-0.05, 0) is 31.4 Å². The summed E-state index contributed by atoms with van der Waals surface area (Å²) in [5, 5.41) is 4.61. The lowest BCUT2D eigenvalue weighted by Gasteiger charge is -2.03. The highest BCUT2D eigenvalue weighted by molar-refractivity contribution is 7.98. The van der Waals surface area contributed by atoms with Crippen molar-refractivity contribution in [3.05, 3.63) is 40.9 Å². The lowest BCUT2D eigenvalue weighted by molar-refractivity contribution is 0.0520. The summed E-state index contributed by atoms with van der Waals surface area (Å²) in [4.78, 5) is 28.7. The molecular formula is C14H14N2O3S2. The molecule has 110 valence electrons. The first-order valence-electron chi connectivity index (χ1n) is 6.22. The number of aromatic nitrogens is 1. The second kappa shape index (κ2) is 7.24. The molecule has 0 atom stereocenters. The number of hydrogen-bond donors (Lipinski definition) is 1. The summed E-state index contributed by atoms with van der Waals surface area (Å²) in [6.07, 6.45) is 1.95. The molecule has 1 N–H and O–H groups in total. The molecule has 2 aromatic rings. The minimum atomic E-state index is -0.487. The Labute approximate surface area is 130 Å². The molecule has 0 aliphatic rings. The van der Waals surface area contributed by atoms with Crippen LogP contribution >= 0.6 is 23.1 Å². The summed E-state index contributed by atoms with van der Waals surface area (Å²) < 4.78 is 4.85. The Bertz CT molecular complexity index is 655. The summed E-state index contributed by atoms with van der Waals surface area (Å²) in [6, 6.07) is 7.30. The molecule has 0 saturated carbocycles. The summed E-state index contributed by atoms with van der Waals surface area (Å²) in [6.45, 7) is 2.02. The lowest BCUT2D eigenvalue weighted by atomic mass is 10.2. The largest absolute Gasteiger partial charge is 0.461 e. The average molecular weight is 322 g/mol. The van der Waals surface area contributed by atoms with Crippen molar-refractivity contribution in [3.8, 4) is 0 Å². The Morgan fingerprint density at radius 2 is 2.24 bits per heavy atom. The van der Waals surface area contributed by atoms with Gasteiger partial charge in [0.25, 0.3) is 5.91 Å². The number of ether oxygens (including phenoxy) is 1.